The summed E-state index contributed by atoms with van der Waals surface area (Å²) in [5, 5.41) is 6.06. The van der Waals surface area contributed by atoms with Crippen molar-refractivity contribution in [1.82, 2.24) is 10.3 Å². The molecular formula is C25H22N2OS. The molecule has 1 N–H and O–H groups in total. The Labute approximate surface area is 175 Å². The van der Waals surface area contributed by atoms with E-state index in [0.29, 0.717) is 12.1 Å². The van der Waals surface area contributed by atoms with Crippen molar-refractivity contribution in [3.63, 3.8) is 0 Å². The van der Waals surface area contributed by atoms with Crippen LogP contribution in [0, 0.1) is 13.8 Å². The lowest BCUT2D eigenvalue weighted by molar-refractivity contribution is 0.0951. The van der Waals surface area contributed by atoms with Crippen molar-refractivity contribution in [3.05, 3.63) is 100 Å². The zero-order valence-electron chi connectivity index (χ0n) is 16.5. The maximum atomic E-state index is 12.3. The molecule has 0 spiro atoms. The summed E-state index contributed by atoms with van der Waals surface area (Å²) in [5.41, 5.74) is 7.34. The fraction of sp³-hybridized carbons (Fsp3) is 0.120. The number of hydrogen-bond acceptors (Lipinski definition) is 3. The Hall–Kier alpha value is -3.24. The fourth-order valence-electron chi connectivity index (χ4n) is 3.02. The van der Waals surface area contributed by atoms with Crippen molar-refractivity contribution >= 4 is 17.2 Å². The number of carbonyl (C=O) groups is 1. The summed E-state index contributed by atoms with van der Waals surface area (Å²) in [5.74, 6) is -0.0586. The third kappa shape index (κ3) is 4.61. The van der Waals surface area contributed by atoms with Crippen molar-refractivity contribution in [2.45, 2.75) is 20.4 Å². The second kappa shape index (κ2) is 8.41. The summed E-state index contributed by atoms with van der Waals surface area (Å²) in [6.45, 7) is 4.59. The second-order valence-corrected chi connectivity index (χ2v) is 8.01. The molecule has 0 atom stereocenters. The van der Waals surface area contributed by atoms with Crippen molar-refractivity contribution in [3.8, 4) is 21.8 Å². The van der Waals surface area contributed by atoms with Crippen LogP contribution in [0.2, 0.25) is 0 Å². The number of nitrogens with zero attached hydrogens (tertiary/aromatic N) is 1. The van der Waals surface area contributed by atoms with Gasteiger partial charge in [-0.3, -0.25) is 4.79 Å². The van der Waals surface area contributed by atoms with Gasteiger partial charge in [0.2, 0.25) is 0 Å². The number of aryl methyl sites for hydroxylation is 2. The van der Waals surface area contributed by atoms with Crippen LogP contribution in [-0.2, 0) is 6.54 Å². The Bertz CT molecular complexity index is 1110. The third-order valence-corrected chi connectivity index (χ3v) is 5.71. The average Bonchev–Trinajstić information content (AvgIpc) is 3.24. The van der Waals surface area contributed by atoms with E-state index in [1.54, 1.807) is 11.3 Å². The first-order chi connectivity index (χ1) is 14.1. The standard InChI is InChI=1S/C25H22N2OS/c1-17-3-9-20(10-4-17)23-16-29-25(27-23)22-13-7-19(8-14-22)15-26-24(28)21-11-5-18(2)6-12-21/h3-14,16H,15H2,1-2H3,(H,26,28). The molecule has 0 bridgehead atoms. The molecule has 0 saturated heterocycles. The predicted octanol–water partition coefficient (Wildman–Crippen LogP) is 6.02. The molecule has 144 valence electrons. The molecule has 0 radical (unpaired) electrons. The highest BCUT2D eigenvalue weighted by atomic mass is 32.1. The lowest BCUT2D eigenvalue weighted by Crippen LogP contribution is -2.22. The first kappa shape index (κ1) is 19.1. The predicted molar refractivity (Wildman–Crippen MR) is 120 cm³/mol. The van der Waals surface area contributed by atoms with E-state index < -0.39 is 0 Å². The van der Waals surface area contributed by atoms with Crippen LogP contribution >= 0.6 is 11.3 Å². The van der Waals surface area contributed by atoms with E-state index >= 15 is 0 Å². The zero-order valence-corrected chi connectivity index (χ0v) is 17.3. The van der Waals surface area contributed by atoms with Crippen LogP contribution in [0.25, 0.3) is 21.8 Å². The van der Waals surface area contributed by atoms with Crippen molar-refractivity contribution < 1.29 is 4.79 Å². The molecule has 0 aliphatic rings. The summed E-state index contributed by atoms with van der Waals surface area (Å²) in [6.07, 6.45) is 0. The minimum absolute atomic E-state index is 0.0586. The largest absolute Gasteiger partial charge is 0.348 e. The topological polar surface area (TPSA) is 42.0 Å². The zero-order chi connectivity index (χ0) is 20.2. The van der Waals surface area contributed by atoms with E-state index in [-0.39, 0.29) is 5.91 Å². The van der Waals surface area contributed by atoms with Gasteiger partial charge in [-0.25, -0.2) is 4.98 Å². The molecule has 4 heteroatoms. The lowest BCUT2D eigenvalue weighted by Gasteiger charge is -2.06. The number of carbonyl (C=O) groups excluding carboxylic acids is 1. The molecule has 0 unspecified atom stereocenters. The van der Waals surface area contributed by atoms with E-state index in [4.69, 9.17) is 4.98 Å². The molecule has 1 aromatic heterocycles. The van der Waals surface area contributed by atoms with Crippen molar-refractivity contribution in [2.24, 2.45) is 0 Å². The highest BCUT2D eigenvalue weighted by Gasteiger charge is 2.08. The molecule has 4 rings (SSSR count). The van der Waals surface area contributed by atoms with Crippen molar-refractivity contribution in [1.29, 1.82) is 0 Å². The van der Waals surface area contributed by atoms with Gasteiger partial charge in [0.05, 0.1) is 5.69 Å². The third-order valence-electron chi connectivity index (χ3n) is 4.82. The minimum Gasteiger partial charge on any atom is -0.348 e. The van der Waals surface area contributed by atoms with Crippen LogP contribution in [-0.4, -0.2) is 10.9 Å². The Morgan fingerprint density at radius 2 is 1.41 bits per heavy atom. The van der Waals surface area contributed by atoms with Gasteiger partial charge in [-0.1, -0.05) is 71.8 Å². The number of thiazole rings is 1. The molecule has 1 amide bonds. The number of hydrogen-bond donors (Lipinski definition) is 1. The lowest BCUT2D eigenvalue weighted by atomic mass is 10.1. The molecule has 4 aromatic rings. The number of amides is 1. The van der Waals surface area contributed by atoms with Gasteiger partial charge in [0, 0.05) is 28.6 Å². The SMILES string of the molecule is Cc1ccc(C(=O)NCc2ccc(-c3nc(-c4ccc(C)cc4)cs3)cc2)cc1. The Morgan fingerprint density at radius 3 is 2.07 bits per heavy atom. The van der Waals surface area contributed by atoms with Gasteiger partial charge in [0.25, 0.3) is 5.91 Å². The van der Waals surface area contributed by atoms with Gasteiger partial charge < -0.3 is 5.32 Å². The molecular weight excluding hydrogens is 376 g/mol. The smallest absolute Gasteiger partial charge is 0.251 e. The molecule has 0 aliphatic carbocycles. The Morgan fingerprint density at radius 1 is 0.828 bits per heavy atom. The molecule has 3 aromatic carbocycles. The Kier molecular flexibility index (Phi) is 5.54. The van der Waals surface area contributed by atoms with Gasteiger partial charge in [0.15, 0.2) is 0 Å². The van der Waals surface area contributed by atoms with Crippen LogP contribution in [0.15, 0.2) is 78.2 Å². The van der Waals surface area contributed by atoms with Gasteiger partial charge >= 0.3 is 0 Å². The number of rotatable bonds is 5. The maximum absolute atomic E-state index is 12.3. The highest BCUT2D eigenvalue weighted by molar-refractivity contribution is 7.13. The fourth-order valence-corrected chi connectivity index (χ4v) is 3.85. The Balaban J connectivity index is 1.41. The van der Waals surface area contributed by atoms with Crippen LogP contribution < -0.4 is 5.32 Å². The first-order valence-electron chi connectivity index (χ1n) is 9.55. The van der Waals surface area contributed by atoms with E-state index in [2.05, 4.69) is 54.0 Å². The van der Waals surface area contributed by atoms with Crippen LogP contribution in [0.4, 0.5) is 0 Å². The normalized spacial score (nSPS) is 10.7. The highest BCUT2D eigenvalue weighted by Crippen LogP contribution is 2.29. The summed E-state index contributed by atoms with van der Waals surface area (Å²) in [6, 6.07) is 24.2. The number of nitrogens with one attached hydrogen (secondary N) is 1. The van der Waals surface area contributed by atoms with Gasteiger partial charge in [0.1, 0.15) is 5.01 Å². The van der Waals surface area contributed by atoms with Crippen molar-refractivity contribution in [2.75, 3.05) is 0 Å². The quantitative estimate of drug-likeness (QED) is 0.446. The molecule has 0 aliphatic heterocycles. The van der Waals surface area contributed by atoms with Crippen LogP contribution in [0.5, 0.6) is 0 Å². The molecule has 1 heterocycles. The van der Waals surface area contributed by atoms with E-state index in [9.17, 15) is 4.79 Å². The van der Waals surface area contributed by atoms with Gasteiger partial charge in [-0.15, -0.1) is 11.3 Å². The minimum atomic E-state index is -0.0586. The van der Waals surface area contributed by atoms with Crippen LogP contribution in [0.1, 0.15) is 27.0 Å². The average molecular weight is 399 g/mol. The molecule has 0 saturated carbocycles. The second-order valence-electron chi connectivity index (χ2n) is 7.15. The van der Waals surface area contributed by atoms with Gasteiger partial charge in [-0.05, 0) is 31.5 Å². The van der Waals surface area contributed by atoms with E-state index in [1.165, 1.54) is 5.56 Å². The number of benzene rings is 3. The summed E-state index contributed by atoms with van der Waals surface area (Å²) >= 11 is 1.64. The molecule has 3 nitrogen and oxygen atoms in total. The summed E-state index contributed by atoms with van der Waals surface area (Å²) < 4.78 is 0. The van der Waals surface area contributed by atoms with E-state index in [1.807, 2.05) is 43.3 Å². The first-order valence-corrected chi connectivity index (χ1v) is 10.4. The summed E-state index contributed by atoms with van der Waals surface area (Å²) in [4.78, 5) is 17.0. The monoisotopic (exact) mass is 398 g/mol. The van der Waals surface area contributed by atoms with Crippen LogP contribution in [0.3, 0.4) is 0 Å². The van der Waals surface area contributed by atoms with E-state index in [0.717, 1.165) is 33.0 Å². The number of aromatic nitrogens is 1. The molecule has 29 heavy (non-hydrogen) atoms. The molecule has 0 fully saturated rings. The maximum Gasteiger partial charge on any atom is 0.251 e. The summed E-state index contributed by atoms with van der Waals surface area (Å²) in [7, 11) is 0. The van der Waals surface area contributed by atoms with Gasteiger partial charge in [-0.2, -0.15) is 0 Å².